The summed E-state index contributed by atoms with van der Waals surface area (Å²) in [6.07, 6.45) is 3.05. The summed E-state index contributed by atoms with van der Waals surface area (Å²) in [5.74, 6) is 3.10. The van der Waals surface area contributed by atoms with E-state index >= 15 is 0 Å². The van der Waals surface area contributed by atoms with Crippen LogP contribution in [0.2, 0.25) is 0 Å². The van der Waals surface area contributed by atoms with Crippen LogP contribution in [0.15, 0.2) is 4.52 Å². The van der Waals surface area contributed by atoms with Gasteiger partial charge in [0.25, 0.3) is 0 Å². The molecule has 0 saturated carbocycles. The first kappa shape index (κ1) is 12.9. The highest BCUT2D eigenvalue weighted by Crippen LogP contribution is 2.25. The van der Waals surface area contributed by atoms with Crippen LogP contribution in [0.1, 0.15) is 50.0 Å². The van der Waals surface area contributed by atoms with Crippen molar-refractivity contribution < 1.29 is 9.26 Å². The normalized spacial score (nSPS) is 22.6. The van der Waals surface area contributed by atoms with Gasteiger partial charge in [-0.05, 0) is 6.42 Å². The van der Waals surface area contributed by atoms with Gasteiger partial charge in [-0.1, -0.05) is 24.9 Å². The Bertz CT molecular complexity index is 339. The molecule has 1 saturated heterocycles. The topological polar surface area (TPSA) is 74.2 Å². The lowest BCUT2D eigenvalue weighted by atomic mass is 10.1. The molecular weight excluding hydrogens is 238 g/mol. The zero-order chi connectivity index (χ0) is 12.1. The molecule has 1 aliphatic rings. The number of hydrogen-bond donors (Lipinski definition) is 1. The number of aromatic nitrogens is 2. The van der Waals surface area contributed by atoms with E-state index in [0.717, 1.165) is 37.4 Å². The van der Waals surface area contributed by atoms with Crippen molar-refractivity contribution in [1.29, 1.82) is 0 Å². The fourth-order valence-corrected chi connectivity index (χ4v) is 2.55. The minimum absolute atomic E-state index is 0.0374. The van der Waals surface area contributed by atoms with Crippen molar-refractivity contribution in [3.8, 4) is 0 Å². The lowest BCUT2D eigenvalue weighted by molar-refractivity contribution is 0.0677. The predicted octanol–water partition coefficient (Wildman–Crippen LogP) is 2.06. The van der Waals surface area contributed by atoms with E-state index in [1.165, 1.54) is 0 Å². The Morgan fingerprint density at radius 3 is 3.18 bits per heavy atom. The summed E-state index contributed by atoms with van der Waals surface area (Å²) in [6.45, 7) is 2.89. The number of thioether (sulfide) groups is 1. The molecule has 0 spiro atoms. The molecule has 6 heteroatoms. The van der Waals surface area contributed by atoms with Crippen molar-refractivity contribution in [3.63, 3.8) is 0 Å². The van der Waals surface area contributed by atoms with Gasteiger partial charge in [-0.15, -0.1) is 0 Å². The summed E-state index contributed by atoms with van der Waals surface area (Å²) in [5.41, 5.74) is 5.98. The molecule has 0 aromatic carbocycles. The van der Waals surface area contributed by atoms with Gasteiger partial charge in [0, 0.05) is 11.5 Å². The van der Waals surface area contributed by atoms with Crippen molar-refractivity contribution in [2.75, 3.05) is 18.1 Å². The summed E-state index contributed by atoms with van der Waals surface area (Å²) in [7, 11) is 0. The molecule has 1 fully saturated rings. The zero-order valence-corrected chi connectivity index (χ0v) is 10.9. The number of nitrogens with zero attached hydrogens (tertiary/aromatic N) is 2. The van der Waals surface area contributed by atoms with E-state index in [4.69, 9.17) is 15.0 Å². The second kappa shape index (κ2) is 6.37. The molecule has 96 valence electrons. The van der Waals surface area contributed by atoms with Gasteiger partial charge in [-0.25, -0.2) is 0 Å². The van der Waals surface area contributed by atoms with Gasteiger partial charge < -0.3 is 15.0 Å². The molecule has 1 aromatic rings. The minimum Gasteiger partial charge on any atom is -0.368 e. The molecule has 0 radical (unpaired) electrons. The first-order valence-electron chi connectivity index (χ1n) is 6.09. The summed E-state index contributed by atoms with van der Waals surface area (Å²) >= 11 is 1.85. The maximum Gasteiger partial charge on any atom is 0.243 e. The maximum absolute atomic E-state index is 5.98. The van der Waals surface area contributed by atoms with Gasteiger partial charge in [0.15, 0.2) is 0 Å². The Morgan fingerprint density at radius 1 is 1.59 bits per heavy atom. The summed E-state index contributed by atoms with van der Waals surface area (Å²) in [6, 6.07) is -0.146. The Labute approximate surface area is 105 Å². The van der Waals surface area contributed by atoms with Crippen LogP contribution in [-0.4, -0.2) is 28.3 Å². The van der Waals surface area contributed by atoms with Crippen LogP contribution in [-0.2, 0) is 4.74 Å². The van der Waals surface area contributed by atoms with Gasteiger partial charge in [-0.3, -0.25) is 0 Å². The first-order chi connectivity index (χ1) is 8.31. The van der Waals surface area contributed by atoms with Crippen LogP contribution in [0.4, 0.5) is 0 Å². The number of rotatable bonds is 5. The Hall–Kier alpha value is -0.590. The molecule has 0 amide bonds. The maximum atomic E-state index is 5.98. The molecule has 5 nitrogen and oxygen atoms in total. The van der Waals surface area contributed by atoms with Crippen molar-refractivity contribution in [2.24, 2.45) is 5.73 Å². The molecule has 2 rings (SSSR count). The van der Waals surface area contributed by atoms with E-state index in [-0.39, 0.29) is 12.1 Å². The molecule has 2 N–H and O–H groups in total. The van der Waals surface area contributed by atoms with Gasteiger partial charge >= 0.3 is 0 Å². The molecule has 0 bridgehead atoms. The van der Waals surface area contributed by atoms with E-state index in [0.29, 0.717) is 11.7 Å². The van der Waals surface area contributed by atoms with Crippen LogP contribution in [0, 0.1) is 0 Å². The SMILES string of the molecule is CCCCC(N)c1nc(C2CSCCO2)no1. The number of hydrogen-bond acceptors (Lipinski definition) is 6. The highest BCUT2D eigenvalue weighted by Gasteiger charge is 2.23. The molecule has 2 atom stereocenters. The van der Waals surface area contributed by atoms with E-state index in [1.807, 2.05) is 11.8 Å². The van der Waals surface area contributed by atoms with Gasteiger partial charge in [-0.2, -0.15) is 16.7 Å². The summed E-state index contributed by atoms with van der Waals surface area (Å²) in [4.78, 5) is 4.35. The first-order valence-corrected chi connectivity index (χ1v) is 7.25. The van der Waals surface area contributed by atoms with Crippen LogP contribution >= 0.6 is 11.8 Å². The van der Waals surface area contributed by atoms with Crippen LogP contribution < -0.4 is 5.73 Å². The van der Waals surface area contributed by atoms with Crippen molar-refractivity contribution in [3.05, 3.63) is 11.7 Å². The summed E-state index contributed by atoms with van der Waals surface area (Å²) < 4.78 is 10.8. The van der Waals surface area contributed by atoms with E-state index in [1.54, 1.807) is 0 Å². The molecule has 2 unspecified atom stereocenters. The second-order valence-corrected chi connectivity index (χ2v) is 5.32. The molecule has 1 aromatic heterocycles. The van der Waals surface area contributed by atoms with Crippen LogP contribution in [0.5, 0.6) is 0 Å². The fraction of sp³-hybridized carbons (Fsp3) is 0.818. The van der Waals surface area contributed by atoms with Gasteiger partial charge in [0.2, 0.25) is 11.7 Å². The Balaban J connectivity index is 1.94. The number of nitrogens with two attached hydrogens (primary N) is 1. The Kier molecular flexibility index (Phi) is 4.82. The Morgan fingerprint density at radius 2 is 2.47 bits per heavy atom. The third-order valence-corrected chi connectivity index (χ3v) is 3.74. The minimum atomic E-state index is -0.146. The smallest absolute Gasteiger partial charge is 0.243 e. The monoisotopic (exact) mass is 257 g/mol. The van der Waals surface area contributed by atoms with Gasteiger partial charge in [0.1, 0.15) is 6.10 Å². The predicted molar refractivity (Wildman–Crippen MR) is 66.8 cm³/mol. The van der Waals surface area contributed by atoms with Gasteiger partial charge in [0.05, 0.1) is 12.6 Å². The molecular formula is C11H19N3O2S. The van der Waals surface area contributed by atoms with Crippen molar-refractivity contribution in [1.82, 2.24) is 10.1 Å². The van der Waals surface area contributed by atoms with Crippen molar-refractivity contribution >= 4 is 11.8 Å². The molecule has 1 aliphatic heterocycles. The van der Waals surface area contributed by atoms with Crippen molar-refractivity contribution in [2.45, 2.75) is 38.3 Å². The fourth-order valence-electron chi connectivity index (χ4n) is 1.71. The highest BCUT2D eigenvalue weighted by atomic mass is 32.2. The quantitative estimate of drug-likeness (QED) is 0.870. The average Bonchev–Trinajstić information content (AvgIpc) is 2.86. The standard InChI is InChI=1S/C11H19N3O2S/c1-2-3-4-8(12)11-13-10(14-16-11)9-7-17-6-5-15-9/h8-9H,2-7,12H2,1H3. The molecule has 17 heavy (non-hydrogen) atoms. The molecule has 0 aliphatic carbocycles. The lowest BCUT2D eigenvalue weighted by Crippen LogP contribution is -2.17. The lowest BCUT2D eigenvalue weighted by Gasteiger charge is -2.18. The third kappa shape index (κ3) is 3.43. The average molecular weight is 257 g/mol. The highest BCUT2D eigenvalue weighted by molar-refractivity contribution is 7.99. The number of unbranched alkanes of at least 4 members (excludes halogenated alkanes) is 1. The molecule has 2 heterocycles. The summed E-state index contributed by atoms with van der Waals surface area (Å²) in [5, 5.41) is 3.96. The van der Waals surface area contributed by atoms with Crippen LogP contribution in [0.3, 0.4) is 0 Å². The van der Waals surface area contributed by atoms with E-state index < -0.39 is 0 Å². The number of ether oxygens (including phenoxy) is 1. The van der Waals surface area contributed by atoms with E-state index in [9.17, 15) is 0 Å². The largest absolute Gasteiger partial charge is 0.368 e. The second-order valence-electron chi connectivity index (χ2n) is 4.17. The zero-order valence-electron chi connectivity index (χ0n) is 10.1. The van der Waals surface area contributed by atoms with Crippen LogP contribution in [0.25, 0.3) is 0 Å². The van der Waals surface area contributed by atoms with E-state index in [2.05, 4.69) is 17.1 Å². The third-order valence-electron chi connectivity index (χ3n) is 2.75.